The van der Waals surface area contributed by atoms with Crippen LogP contribution in [0.25, 0.3) is 0 Å². The first kappa shape index (κ1) is 13.9. The summed E-state index contributed by atoms with van der Waals surface area (Å²) in [5.74, 6) is 0. The summed E-state index contributed by atoms with van der Waals surface area (Å²) in [6.45, 7) is 0. The summed E-state index contributed by atoms with van der Waals surface area (Å²) in [6, 6.07) is 5.04. The predicted molar refractivity (Wildman–Crippen MR) is 77.3 cm³/mol. The Morgan fingerprint density at radius 2 is 1.83 bits per heavy atom. The molecule has 0 fully saturated rings. The van der Waals surface area contributed by atoms with Crippen LogP contribution in [0.4, 0.5) is 5.69 Å². The molecule has 6 heteroatoms. The van der Waals surface area contributed by atoms with Crippen molar-refractivity contribution in [3.63, 3.8) is 0 Å². The maximum absolute atomic E-state index is 5.99. The average Bonchev–Trinajstić information content (AvgIpc) is 2.29. The van der Waals surface area contributed by atoms with Crippen LogP contribution in [0.1, 0.15) is 6.42 Å². The Bertz CT molecular complexity index is 547. The molecular weight excluding hydrogens is 314 g/mol. The monoisotopic (exact) mass is 320 g/mol. The Balaban J connectivity index is 2.14. The molecule has 0 saturated heterocycles. The Labute approximate surface area is 125 Å². The molecule has 94 valence electrons. The van der Waals surface area contributed by atoms with E-state index in [-0.39, 0.29) is 0 Å². The molecule has 0 aliphatic heterocycles. The molecule has 2 nitrogen and oxygen atoms in total. The van der Waals surface area contributed by atoms with Gasteiger partial charge in [-0.15, -0.1) is 0 Å². The minimum atomic E-state index is -0.916. The maximum atomic E-state index is 5.99. The molecule has 1 aromatic carbocycles. The van der Waals surface area contributed by atoms with E-state index in [0.29, 0.717) is 27.9 Å². The molecule has 2 rings (SSSR count). The first-order valence-corrected chi connectivity index (χ1v) is 6.60. The zero-order chi connectivity index (χ0) is 13.2. The van der Waals surface area contributed by atoms with Crippen LogP contribution in [0.15, 0.2) is 52.4 Å². The number of nitrogens with zero attached hydrogens (tertiary/aromatic N) is 2. The van der Waals surface area contributed by atoms with E-state index in [9.17, 15) is 0 Å². The third-order valence-corrected chi connectivity index (χ3v) is 3.50. The van der Waals surface area contributed by atoms with Crippen LogP contribution in [0, 0.1) is 0 Å². The van der Waals surface area contributed by atoms with Gasteiger partial charge in [0, 0.05) is 6.42 Å². The van der Waals surface area contributed by atoms with Crippen molar-refractivity contribution in [2.24, 2.45) is 10.2 Å². The van der Waals surface area contributed by atoms with Gasteiger partial charge in [-0.1, -0.05) is 52.5 Å². The Hall–Kier alpha value is -0.540. The molecule has 0 atom stereocenters. The van der Waals surface area contributed by atoms with E-state index in [2.05, 4.69) is 10.2 Å². The summed E-state index contributed by atoms with van der Waals surface area (Å²) in [5, 5.41) is 9.07. The fourth-order valence-electron chi connectivity index (χ4n) is 1.40. The normalized spacial score (nSPS) is 18.1. The summed E-state index contributed by atoms with van der Waals surface area (Å²) >= 11 is 23.7. The molecule has 18 heavy (non-hydrogen) atoms. The van der Waals surface area contributed by atoms with E-state index in [1.165, 1.54) is 0 Å². The van der Waals surface area contributed by atoms with Crippen molar-refractivity contribution in [3.05, 3.63) is 52.2 Å². The molecular formula is C12H8Cl4N2. The highest BCUT2D eigenvalue weighted by Crippen LogP contribution is 2.34. The molecule has 0 unspecified atom stereocenters. The van der Waals surface area contributed by atoms with Crippen molar-refractivity contribution in [3.8, 4) is 0 Å². The Morgan fingerprint density at radius 3 is 2.50 bits per heavy atom. The molecule has 0 aromatic heterocycles. The Morgan fingerprint density at radius 1 is 1.06 bits per heavy atom. The SMILES string of the molecule is Clc1ccc(N=NC2=CC=CC(Cl)(Cl)C2)cc1Cl. The highest BCUT2D eigenvalue weighted by molar-refractivity contribution is 6.50. The van der Waals surface area contributed by atoms with Gasteiger partial charge >= 0.3 is 0 Å². The standard InChI is InChI=1S/C12H8Cl4N2/c13-10-4-3-8(6-11(10)14)17-18-9-2-1-5-12(15,16)7-9/h1-6H,7H2. The minimum Gasteiger partial charge on any atom is -0.155 e. The molecule has 1 aromatic rings. The second-order valence-corrected chi connectivity index (χ2v) is 6.11. The number of rotatable bonds is 2. The summed E-state index contributed by atoms with van der Waals surface area (Å²) in [6.07, 6.45) is 5.68. The van der Waals surface area contributed by atoms with E-state index >= 15 is 0 Å². The van der Waals surface area contributed by atoms with Gasteiger partial charge in [0.15, 0.2) is 0 Å². The summed E-state index contributed by atoms with van der Waals surface area (Å²) in [5.41, 5.74) is 1.32. The van der Waals surface area contributed by atoms with E-state index < -0.39 is 4.33 Å². The quantitative estimate of drug-likeness (QED) is 0.465. The van der Waals surface area contributed by atoms with Gasteiger partial charge < -0.3 is 0 Å². The number of alkyl halides is 2. The molecule has 1 aliphatic carbocycles. The molecule has 0 saturated carbocycles. The lowest BCUT2D eigenvalue weighted by Gasteiger charge is -2.17. The minimum absolute atomic E-state index is 0.414. The van der Waals surface area contributed by atoms with Gasteiger partial charge in [0.2, 0.25) is 0 Å². The average molecular weight is 322 g/mol. The van der Waals surface area contributed by atoms with Gasteiger partial charge in [0.05, 0.1) is 21.4 Å². The Kier molecular flexibility index (Phi) is 4.33. The first-order chi connectivity index (χ1) is 8.46. The summed E-state index contributed by atoms with van der Waals surface area (Å²) in [4.78, 5) is 0. The van der Waals surface area contributed by atoms with Crippen molar-refractivity contribution in [1.82, 2.24) is 0 Å². The summed E-state index contributed by atoms with van der Waals surface area (Å²) in [7, 11) is 0. The second kappa shape index (κ2) is 5.62. The zero-order valence-electron chi connectivity index (χ0n) is 9.08. The first-order valence-electron chi connectivity index (χ1n) is 5.09. The smallest absolute Gasteiger partial charge is 0.142 e. The predicted octanol–water partition coefficient (Wildman–Crippen LogP) is 6.09. The van der Waals surface area contributed by atoms with Crippen LogP contribution >= 0.6 is 46.4 Å². The van der Waals surface area contributed by atoms with Gasteiger partial charge in [-0.2, -0.15) is 10.2 Å². The lowest BCUT2D eigenvalue weighted by molar-refractivity contribution is 0.866. The zero-order valence-corrected chi connectivity index (χ0v) is 12.1. The number of allylic oxidation sites excluding steroid dienone is 4. The van der Waals surface area contributed by atoms with Gasteiger partial charge in [-0.25, -0.2) is 0 Å². The van der Waals surface area contributed by atoms with Crippen LogP contribution in [0.2, 0.25) is 10.0 Å². The number of hydrogen-bond donors (Lipinski definition) is 0. The highest BCUT2D eigenvalue weighted by atomic mass is 35.5. The second-order valence-electron chi connectivity index (χ2n) is 3.75. The molecule has 0 spiro atoms. The van der Waals surface area contributed by atoms with Gasteiger partial charge in [0.25, 0.3) is 0 Å². The van der Waals surface area contributed by atoms with Gasteiger partial charge in [0.1, 0.15) is 4.33 Å². The maximum Gasteiger partial charge on any atom is 0.142 e. The van der Waals surface area contributed by atoms with Crippen LogP contribution < -0.4 is 0 Å². The van der Waals surface area contributed by atoms with Crippen molar-refractivity contribution in [2.75, 3.05) is 0 Å². The van der Waals surface area contributed by atoms with E-state index in [1.807, 2.05) is 6.08 Å². The van der Waals surface area contributed by atoms with Crippen molar-refractivity contribution >= 4 is 52.1 Å². The third-order valence-electron chi connectivity index (χ3n) is 2.24. The van der Waals surface area contributed by atoms with Crippen LogP contribution in [0.3, 0.4) is 0 Å². The summed E-state index contributed by atoms with van der Waals surface area (Å²) < 4.78 is -0.916. The van der Waals surface area contributed by atoms with Crippen molar-refractivity contribution in [1.29, 1.82) is 0 Å². The van der Waals surface area contributed by atoms with Crippen LogP contribution in [-0.2, 0) is 0 Å². The lowest BCUT2D eigenvalue weighted by Crippen LogP contribution is -2.11. The van der Waals surface area contributed by atoms with Gasteiger partial charge in [-0.05, 0) is 30.4 Å². The largest absolute Gasteiger partial charge is 0.155 e. The molecule has 0 radical (unpaired) electrons. The fourth-order valence-corrected chi connectivity index (χ4v) is 2.11. The molecule has 1 aliphatic rings. The molecule has 0 bridgehead atoms. The molecule has 0 N–H and O–H groups in total. The number of halogens is 4. The van der Waals surface area contributed by atoms with E-state index in [1.54, 1.807) is 30.4 Å². The number of azo groups is 1. The third kappa shape index (κ3) is 3.72. The van der Waals surface area contributed by atoms with Gasteiger partial charge in [-0.3, -0.25) is 0 Å². The highest BCUT2D eigenvalue weighted by Gasteiger charge is 2.24. The molecule has 0 heterocycles. The topological polar surface area (TPSA) is 24.7 Å². The van der Waals surface area contributed by atoms with Crippen molar-refractivity contribution < 1.29 is 0 Å². The fraction of sp³-hybridized carbons (Fsp3) is 0.167. The molecule has 0 amide bonds. The van der Waals surface area contributed by atoms with Crippen LogP contribution in [-0.4, -0.2) is 4.33 Å². The number of benzene rings is 1. The number of hydrogen-bond acceptors (Lipinski definition) is 2. The van der Waals surface area contributed by atoms with Crippen LogP contribution in [0.5, 0.6) is 0 Å². The van der Waals surface area contributed by atoms with E-state index in [4.69, 9.17) is 46.4 Å². The van der Waals surface area contributed by atoms with Crippen molar-refractivity contribution in [2.45, 2.75) is 10.8 Å². The lowest BCUT2D eigenvalue weighted by atomic mass is 10.1. The van der Waals surface area contributed by atoms with E-state index in [0.717, 1.165) is 0 Å².